The molecular weight excluding hydrogens is 280 g/mol. The number of hydrogen-bond donors (Lipinski definition) is 3. The summed E-state index contributed by atoms with van der Waals surface area (Å²) in [6.45, 7) is 0. The molecular formula is C14H16O7. The van der Waals surface area contributed by atoms with Gasteiger partial charge in [0, 0.05) is 6.08 Å². The van der Waals surface area contributed by atoms with Crippen LogP contribution in [0.1, 0.15) is 18.4 Å². The zero-order valence-electron chi connectivity index (χ0n) is 11.4. The van der Waals surface area contributed by atoms with Gasteiger partial charge in [-0.2, -0.15) is 0 Å². The Kier molecular flexibility index (Phi) is 8.67. The first-order valence-electron chi connectivity index (χ1n) is 5.83. The molecule has 0 fully saturated rings. The van der Waals surface area contributed by atoms with Crippen molar-refractivity contribution in [3.63, 3.8) is 0 Å². The van der Waals surface area contributed by atoms with Gasteiger partial charge in [0.15, 0.2) is 0 Å². The highest BCUT2D eigenvalue weighted by atomic mass is 16.5. The molecule has 3 N–H and O–H groups in total. The molecule has 0 amide bonds. The molecule has 0 radical (unpaired) electrons. The molecule has 0 atom stereocenters. The molecule has 0 aromatic heterocycles. The monoisotopic (exact) mass is 296 g/mol. The summed E-state index contributed by atoms with van der Waals surface area (Å²) in [4.78, 5) is 29.5. The second-order valence-corrected chi connectivity index (χ2v) is 3.73. The van der Waals surface area contributed by atoms with Crippen LogP contribution in [0.5, 0.6) is 5.75 Å². The van der Waals surface area contributed by atoms with E-state index in [1.54, 1.807) is 31.4 Å². The molecule has 21 heavy (non-hydrogen) atoms. The van der Waals surface area contributed by atoms with E-state index in [0.29, 0.717) is 0 Å². The average Bonchev–Trinajstić information content (AvgIpc) is 2.44. The summed E-state index contributed by atoms with van der Waals surface area (Å²) < 4.78 is 4.95. The maximum Gasteiger partial charge on any atom is 0.328 e. The first-order chi connectivity index (χ1) is 9.85. The molecule has 114 valence electrons. The lowest BCUT2D eigenvalue weighted by atomic mass is 10.2. The van der Waals surface area contributed by atoms with Crippen molar-refractivity contribution in [1.29, 1.82) is 0 Å². The lowest BCUT2D eigenvalue weighted by Gasteiger charge is -1.98. The van der Waals surface area contributed by atoms with Crippen molar-refractivity contribution >= 4 is 24.0 Å². The zero-order valence-corrected chi connectivity index (χ0v) is 11.4. The number of carbonyl (C=O) groups is 3. The van der Waals surface area contributed by atoms with Crippen LogP contribution in [0.3, 0.4) is 0 Å². The van der Waals surface area contributed by atoms with E-state index < -0.39 is 17.9 Å². The van der Waals surface area contributed by atoms with Crippen molar-refractivity contribution < 1.29 is 34.4 Å². The van der Waals surface area contributed by atoms with Crippen LogP contribution in [0.25, 0.3) is 6.08 Å². The van der Waals surface area contributed by atoms with Gasteiger partial charge in [0.1, 0.15) is 5.75 Å². The van der Waals surface area contributed by atoms with E-state index in [9.17, 15) is 14.4 Å². The normalized spacial score (nSPS) is 9.57. The van der Waals surface area contributed by atoms with Crippen LogP contribution in [0.2, 0.25) is 0 Å². The highest BCUT2D eigenvalue weighted by Gasteiger charge is 2.00. The van der Waals surface area contributed by atoms with Gasteiger partial charge in [0.05, 0.1) is 20.0 Å². The standard InChI is InChI=1S/C10H10O3.C4H6O4/c1-13-9-5-2-8(3-6-9)4-7-10(11)12;5-3(6)1-2-4(7)8/h2-7H,1H3,(H,11,12);1-2H2,(H,5,6)(H,7,8). The lowest BCUT2D eigenvalue weighted by Crippen LogP contribution is -2.00. The first kappa shape index (κ1) is 18.2. The smallest absolute Gasteiger partial charge is 0.328 e. The average molecular weight is 296 g/mol. The molecule has 0 unspecified atom stereocenters. The Morgan fingerprint density at radius 1 is 1.00 bits per heavy atom. The molecule has 0 heterocycles. The number of rotatable bonds is 6. The van der Waals surface area contributed by atoms with Crippen LogP contribution in [0.4, 0.5) is 0 Å². The Labute approximate surface area is 121 Å². The van der Waals surface area contributed by atoms with Crippen LogP contribution >= 0.6 is 0 Å². The Morgan fingerprint density at radius 2 is 1.48 bits per heavy atom. The summed E-state index contributed by atoms with van der Waals surface area (Å²) in [7, 11) is 1.59. The van der Waals surface area contributed by atoms with Gasteiger partial charge in [0.25, 0.3) is 0 Å². The maximum atomic E-state index is 10.2. The van der Waals surface area contributed by atoms with Gasteiger partial charge < -0.3 is 20.1 Å². The Balaban J connectivity index is 0.000000433. The first-order valence-corrected chi connectivity index (χ1v) is 5.83. The summed E-state index contributed by atoms with van der Waals surface area (Å²) in [5, 5.41) is 24.2. The van der Waals surface area contributed by atoms with E-state index >= 15 is 0 Å². The summed E-state index contributed by atoms with van der Waals surface area (Å²) in [5.41, 5.74) is 0.836. The van der Waals surface area contributed by atoms with Gasteiger partial charge in [0.2, 0.25) is 0 Å². The predicted octanol–water partition coefficient (Wildman–Crippen LogP) is 1.73. The third-order valence-electron chi connectivity index (χ3n) is 2.09. The lowest BCUT2D eigenvalue weighted by molar-refractivity contribution is -0.143. The fraction of sp³-hybridized carbons (Fsp3) is 0.214. The molecule has 7 heteroatoms. The van der Waals surface area contributed by atoms with Crippen molar-refractivity contribution in [1.82, 2.24) is 0 Å². The van der Waals surface area contributed by atoms with Crippen molar-refractivity contribution in [2.24, 2.45) is 0 Å². The summed E-state index contributed by atoms with van der Waals surface area (Å²) in [6.07, 6.45) is 2.04. The van der Waals surface area contributed by atoms with Crippen molar-refractivity contribution in [2.45, 2.75) is 12.8 Å². The maximum absolute atomic E-state index is 10.2. The SMILES string of the molecule is COc1ccc(C=CC(=O)O)cc1.O=C(O)CCC(=O)O. The minimum Gasteiger partial charge on any atom is -0.497 e. The highest BCUT2D eigenvalue weighted by molar-refractivity contribution is 5.85. The quantitative estimate of drug-likeness (QED) is 0.683. The molecule has 0 aliphatic heterocycles. The largest absolute Gasteiger partial charge is 0.497 e. The number of hydrogen-bond acceptors (Lipinski definition) is 4. The molecule has 0 spiro atoms. The number of carboxylic acid groups (broad SMARTS) is 3. The highest BCUT2D eigenvalue weighted by Crippen LogP contribution is 2.11. The third kappa shape index (κ3) is 10.8. The van der Waals surface area contributed by atoms with Gasteiger partial charge in [-0.1, -0.05) is 12.1 Å². The number of aliphatic carboxylic acids is 3. The summed E-state index contributed by atoms with van der Waals surface area (Å²) in [6, 6.07) is 7.14. The van der Waals surface area contributed by atoms with Crippen LogP contribution < -0.4 is 4.74 Å². The fourth-order valence-corrected chi connectivity index (χ4v) is 1.10. The number of ether oxygens (including phenoxy) is 1. The van der Waals surface area contributed by atoms with E-state index in [4.69, 9.17) is 20.1 Å². The summed E-state index contributed by atoms with van der Waals surface area (Å²) >= 11 is 0. The van der Waals surface area contributed by atoms with Crippen molar-refractivity contribution in [2.75, 3.05) is 7.11 Å². The number of methoxy groups -OCH3 is 1. The second-order valence-electron chi connectivity index (χ2n) is 3.73. The van der Waals surface area contributed by atoms with Crippen LogP contribution in [0.15, 0.2) is 30.3 Å². The Hall–Kier alpha value is -2.83. The Morgan fingerprint density at radius 3 is 1.81 bits per heavy atom. The molecule has 7 nitrogen and oxygen atoms in total. The molecule has 1 aromatic rings. The van der Waals surface area contributed by atoms with Gasteiger partial charge in [-0.3, -0.25) is 9.59 Å². The minimum absolute atomic E-state index is 0.296. The van der Waals surface area contributed by atoms with Crippen molar-refractivity contribution in [3.05, 3.63) is 35.9 Å². The predicted molar refractivity (Wildman–Crippen MR) is 74.2 cm³/mol. The topological polar surface area (TPSA) is 121 Å². The zero-order chi connectivity index (χ0) is 16.3. The van der Waals surface area contributed by atoms with E-state index in [0.717, 1.165) is 17.4 Å². The van der Waals surface area contributed by atoms with Gasteiger partial charge >= 0.3 is 17.9 Å². The van der Waals surface area contributed by atoms with Gasteiger partial charge in [-0.05, 0) is 23.8 Å². The van der Waals surface area contributed by atoms with Crippen molar-refractivity contribution in [3.8, 4) is 5.75 Å². The Bertz CT molecular complexity index is 489. The molecule has 0 aliphatic rings. The second kappa shape index (κ2) is 10.0. The number of benzene rings is 1. The number of carboxylic acids is 3. The molecule has 0 bridgehead atoms. The minimum atomic E-state index is -1.08. The molecule has 1 aromatic carbocycles. The van der Waals surface area contributed by atoms with Crippen LogP contribution in [-0.4, -0.2) is 40.3 Å². The molecule has 0 saturated heterocycles. The molecule has 1 rings (SSSR count). The molecule has 0 saturated carbocycles. The van der Waals surface area contributed by atoms with Gasteiger partial charge in [-0.25, -0.2) is 4.79 Å². The van der Waals surface area contributed by atoms with E-state index in [1.165, 1.54) is 6.08 Å². The van der Waals surface area contributed by atoms with Gasteiger partial charge in [-0.15, -0.1) is 0 Å². The molecule has 0 aliphatic carbocycles. The van der Waals surface area contributed by atoms with Crippen LogP contribution in [-0.2, 0) is 14.4 Å². The van der Waals surface area contributed by atoms with E-state index in [2.05, 4.69) is 0 Å². The van der Waals surface area contributed by atoms with E-state index in [1.807, 2.05) is 0 Å². The van der Waals surface area contributed by atoms with Crippen LogP contribution in [0, 0.1) is 0 Å². The van der Waals surface area contributed by atoms with E-state index in [-0.39, 0.29) is 12.8 Å². The fourth-order valence-electron chi connectivity index (χ4n) is 1.10. The third-order valence-corrected chi connectivity index (χ3v) is 2.09. The summed E-state index contributed by atoms with van der Waals surface area (Å²) in [5.74, 6) is -2.34.